The zero-order valence-corrected chi connectivity index (χ0v) is 14.9. The Bertz CT molecular complexity index is 610. The van der Waals surface area contributed by atoms with Crippen molar-refractivity contribution in [3.8, 4) is 0 Å². The minimum atomic E-state index is -1.13. The van der Waals surface area contributed by atoms with Crippen LogP contribution in [0.4, 0.5) is 0 Å². The van der Waals surface area contributed by atoms with Gasteiger partial charge in [0.15, 0.2) is 0 Å². The van der Waals surface area contributed by atoms with Crippen LogP contribution in [0.2, 0.25) is 0 Å². The maximum Gasteiger partial charge on any atom is 0.251 e. The van der Waals surface area contributed by atoms with E-state index >= 15 is 0 Å². The molecule has 10 heteroatoms. The van der Waals surface area contributed by atoms with Gasteiger partial charge in [-0.15, -0.1) is 0 Å². The molecule has 1 unspecified atom stereocenters. The minimum Gasteiger partial charge on any atom is -0.391 e. The summed E-state index contributed by atoms with van der Waals surface area (Å²) in [5.41, 5.74) is 15.2. The van der Waals surface area contributed by atoms with Gasteiger partial charge in [0.2, 0.25) is 17.7 Å². The number of hydrogen-bond acceptors (Lipinski definition) is 6. The Hall–Kier alpha value is -2.20. The van der Waals surface area contributed by atoms with E-state index in [2.05, 4.69) is 0 Å². The van der Waals surface area contributed by atoms with Crippen LogP contribution in [0, 0.1) is 0 Å². The number of nitrogens with two attached hydrogens (primary N) is 3. The Balaban J connectivity index is 2.16. The zero-order valence-electron chi connectivity index (χ0n) is 14.9. The molecule has 10 nitrogen and oxygen atoms in total. The fraction of sp³-hybridized carbons (Fsp3) is 0.750. The summed E-state index contributed by atoms with van der Waals surface area (Å²) in [6.07, 6.45) is 0.936. The van der Waals surface area contributed by atoms with E-state index in [4.69, 9.17) is 17.2 Å². The molecule has 2 saturated heterocycles. The molecule has 2 fully saturated rings. The second kappa shape index (κ2) is 7.58. The molecule has 7 N–H and O–H groups in total. The van der Waals surface area contributed by atoms with Crippen LogP contribution in [0.5, 0.6) is 0 Å². The molecule has 0 bridgehead atoms. The van der Waals surface area contributed by atoms with Gasteiger partial charge in [-0.2, -0.15) is 0 Å². The van der Waals surface area contributed by atoms with Crippen LogP contribution in [0.1, 0.15) is 39.0 Å². The second-order valence-corrected chi connectivity index (χ2v) is 7.11. The molecular weight excluding hydrogens is 342 g/mol. The first-order valence-electron chi connectivity index (χ1n) is 8.75. The van der Waals surface area contributed by atoms with Gasteiger partial charge in [-0.25, -0.2) is 0 Å². The number of carbonyl (C=O) groups is 4. The average Bonchev–Trinajstić information content (AvgIpc) is 2.58. The Morgan fingerprint density at radius 1 is 1.27 bits per heavy atom. The van der Waals surface area contributed by atoms with Crippen LogP contribution in [0.3, 0.4) is 0 Å². The number of likely N-dealkylation sites (tertiary alicyclic amines) is 2. The van der Waals surface area contributed by atoms with E-state index < -0.39 is 47.4 Å². The molecule has 26 heavy (non-hydrogen) atoms. The van der Waals surface area contributed by atoms with Crippen LogP contribution < -0.4 is 17.2 Å². The van der Waals surface area contributed by atoms with Gasteiger partial charge < -0.3 is 32.1 Å². The summed E-state index contributed by atoms with van der Waals surface area (Å²) in [6.45, 7) is 1.88. The molecule has 0 aliphatic carbocycles. The number of primary amides is 2. The number of carbonyl (C=O) groups excluding carboxylic acids is 4. The highest BCUT2D eigenvalue weighted by Gasteiger charge is 2.61. The number of aliphatic hydroxyl groups excluding tert-OH is 1. The second-order valence-electron chi connectivity index (χ2n) is 7.11. The van der Waals surface area contributed by atoms with Crippen molar-refractivity contribution in [3.63, 3.8) is 0 Å². The van der Waals surface area contributed by atoms with Crippen molar-refractivity contribution in [1.82, 2.24) is 9.80 Å². The molecular formula is C16H27N5O5. The maximum atomic E-state index is 12.9. The van der Waals surface area contributed by atoms with Crippen LogP contribution >= 0.6 is 0 Å². The van der Waals surface area contributed by atoms with E-state index in [1.807, 2.05) is 0 Å². The molecule has 2 aliphatic rings. The maximum absolute atomic E-state index is 12.9. The number of β-lactam (4-membered cyclic amide) rings is 1. The lowest BCUT2D eigenvalue weighted by atomic mass is 9.77. The molecule has 2 aliphatic heterocycles. The summed E-state index contributed by atoms with van der Waals surface area (Å²) < 4.78 is 0. The molecule has 4 amide bonds. The smallest absolute Gasteiger partial charge is 0.251 e. The van der Waals surface area contributed by atoms with Gasteiger partial charge in [0.1, 0.15) is 11.6 Å². The molecule has 2 rings (SSSR count). The number of nitrogens with zero attached hydrogens (tertiary/aromatic N) is 2. The highest BCUT2D eigenvalue weighted by molar-refractivity contribution is 6.00. The standard InChI is InChI=1S/C16H27N5O5/c1-9(22)12(13(19)24)20-8-16(15(20)26)6-2-3-7-21(16)14(25)10(17)4-5-11(18)23/h9-10,12,22H,2-8,17H2,1H3,(H2,18,23)(H2,19,24)/t9-,10+,12+,16?/m1/s1. The van der Waals surface area contributed by atoms with Gasteiger partial charge in [0.25, 0.3) is 5.91 Å². The highest BCUT2D eigenvalue weighted by Crippen LogP contribution is 2.39. The van der Waals surface area contributed by atoms with Crippen LogP contribution in [0.25, 0.3) is 0 Å². The topological polar surface area (TPSA) is 173 Å². The largest absolute Gasteiger partial charge is 0.391 e. The SMILES string of the molecule is C[C@@H](O)[C@@H](C(N)=O)N1CC2(CCCCN2C(=O)[C@@H](N)CCC(N)=O)C1=O. The van der Waals surface area contributed by atoms with Crippen molar-refractivity contribution in [2.45, 2.75) is 62.8 Å². The summed E-state index contributed by atoms with van der Waals surface area (Å²) in [5.74, 6) is -2.16. The molecule has 2 heterocycles. The van der Waals surface area contributed by atoms with Crippen molar-refractivity contribution in [3.05, 3.63) is 0 Å². The van der Waals surface area contributed by atoms with Crippen molar-refractivity contribution in [1.29, 1.82) is 0 Å². The fourth-order valence-corrected chi connectivity index (χ4v) is 3.84. The third kappa shape index (κ3) is 3.51. The molecule has 0 aromatic heterocycles. The van der Waals surface area contributed by atoms with Crippen molar-refractivity contribution < 1.29 is 24.3 Å². The first kappa shape index (κ1) is 20.1. The third-order valence-electron chi connectivity index (χ3n) is 5.20. The predicted molar refractivity (Wildman–Crippen MR) is 91.1 cm³/mol. The lowest BCUT2D eigenvalue weighted by molar-refractivity contribution is -0.184. The Labute approximate surface area is 151 Å². The molecule has 4 atom stereocenters. The van der Waals surface area contributed by atoms with Gasteiger partial charge in [-0.1, -0.05) is 0 Å². The van der Waals surface area contributed by atoms with E-state index in [0.29, 0.717) is 13.0 Å². The van der Waals surface area contributed by atoms with E-state index in [1.165, 1.54) is 16.7 Å². The van der Waals surface area contributed by atoms with Crippen molar-refractivity contribution in [2.24, 2.45) is 17.2 Å². The summed E-state index contributed by atoms with van der Waals surface area (Å²) in [5, 5.41) is 9.77. The van der Waals surface area contributed by atoms with E-state index in [-0.39, 0.29) is 19.4 Å². The first-order valence-corrected chi connectivity index (χ1v) is 8.75. The zero-order chi connectivity index (χ0) is 19.6. The summed E-state index contributed by atoms with van der Waals surface area (Å²) in [4.78, 5) is 50.8. The number of hydrogen-bond donors (Lipinski definition) is 4. The Morgan fingerprint density at radius 3 is 2.42 bits per heavy atom. The Morgan fingerprint density at radius 2 is 1.92 bits per heavy atom. The fourth-order valence-electron chi connectivity index (χ4n) is 3.84. The normalized spacial score (nSPS) is 26.2. The summed E-state index contributed by atoms with van der Waals surface area (Å²) in [7, 11) is 0. The summed E-state index contributed by atoms with van der Waals surface area (Å²) in [6, 6.07) is -2.06. The molecule has 1 spiro atoms. The van der Waals surface area contributed by atoms with E-state index in [9.17, 15) is 24.3 Å². The predicted octanol–water partition coefficient (Wildman–Crippen LogP) is -2.59. The molecule has 0 radical (unpaired) electrons. The lowest BCUT2D eigenvalue weighted by Crippen LogP contribution is -2.80. The third-order valence-corrected chi connectivity index (χ3v) is 5.20. The van der Waals surface area contributed by atoms with Crippen molar-refractivity contribution >= 4 is 23.6 Å². The van der Waals surface area contributed by atoms with Gasteiger partial charge >= 0.3 is 0 Å². The molecule has 0 aromatic rings. The highest BCUT2D eigenvalue weighted by atomic mass is 16.3. The Kier molecular flexibility index (Phi) is 5.87. The van der Waals surface area contributed by atoms with Gasteiger partial charge in [-0.3, -0.25) is 19.2 Å². The summed E-state index contributed by atoms with van der Waals surface area (Å²) >= 11 is 0. The van der Waals surface area contributed by atoms with Crippen LogP contribution in [-0.2, 0) is 19.2 Å². The van der Waals surface area contributed by atoms with Crippen LogP contribution in [-0.4, -0.2) is 75.4 Å². The molecule has 146 valence electrons. The number of amides is 4. The first-order chi connectivity index (χ1) is 12.1. The number of rotatable bonds is 7. The minimum absolute atomic E-state index is 0.0143. The monoisotopic (exact) mass is 369 g/mol. The van der Waals surface area contributed by atoms with Gasteiger partial charge in [-0.05, 0) is 32.6 Å². The average molecular weight is 369 g/mol. The van der Waals surface area contributed by atoms with E-state index in [0.717, 1.165) is 12.8 Å². The van der Waals surface area contributed by atoms with Gasteiger partial charge in [0.05, 0.1) is 18.7 Å². The van der Waals surface area contributed by atoms with Crippen molar-refractivity contribution in [2.75, 3.05) is 13.1 Å². The number of piperidine rings is 1. The number of aliphatic hydroxyl groups is 1. The molecule has 0 saturated carbocycles. The van der Waals surface area contributed by atoms with Crippen LogP contribution in [0.15, 0.2) is 0 Å². The quantitative estimate of drug-likeness (QED) is 0.358. The van der Waals surface area contributed by atoms with Gasteiger partial charge in [0, 0.05) is 13.0 Å². The lowest BCUT2D eigenvalue weighted by Gasteiger charge is -2.58. The molecule has 0 aromatic carbocycles. The van der Waals surface area contributed by atoms with E-state index in [1.54, 1.807) is 0 Å².